The summed E-state index contributed by atoms with van der Waals surface area (Å²) in [6.45, 7) is 4.28. The van der Waals surface area contributed by atoms with Gasteiger partial charge in [0.25, 0.3) is 0 Å². The Balaban J connectivity index is 2.36. The third kappa shape index (κ3) is 5.80. The minimum atomic E-state index is -1.26. The number of amides is 4. The first-order valence-electron chi connectivity index (χ1n) is 6.76. The summed E-state index contributed by atoms with van der Waals surface area (Å²) in [5.41, 5.74) is -1.26. The lowest BCUT2D eigenvalue weighted by molar-refractivity contribution is -0.149. The minimum Gasteiger partial charge on any atom is -0.481 e. The molecule has 1 fully saturated rings. The van der Waals surface area contributed by atoms with Crippen molar-refractivity contribution in [3.63, 3.8) is 0 Å². The predicted octanol–water partition coefficient (Wildman–Crippen LogP) is -0.0198. The molecule has 8 nitrogen and oxygen atoms in total. The summed E-state index contributed by atoms with van der Waals surface area (Å²) in [6.07, 6.45) is 1.54. The number of carbonyl (C=O) groups is 4. The summed E-state index contributed by atoms with van der Waals surface area (Å²) in [4.78, 5) is 45.6. The van der Waals surface area contributed by atoms with Crippen LogP contribution in [0.2, 0.25) is 0 Å². The monoisotopic (exact) mass is 299 g/mol. The molecule has 1 rings (SSSR count). The van der Waals surface area contributed by atoms with Crippen molar-refractivity contribution < 1.29 is 24.3 Å². The lowest BCUT2D eigenvalue weighted by atomic mass is 9.89. The molecule has 4 N–H and O–H groups in total. The fourth-order valence-electron chi connectivity index (χ4n) is 1.50. The molecule has 0 radical (unpaired) electrons. The number of hydrogen-bond acceptors (Lipinski definition) is 4. The van der Waals surface area contributed by atoms with Crippen LogP contribution >= 0.6 is 0 Å². The molecule has 0 aliphatic heterocycles. The minimum absolute atomic E-state index is 0.183. The number of urea groups is 1. The number of carbonyl (C=O) groups excluding carboxylic acids is 3. The number of aliphatic carboxylic acids is 1. The normalized spacial score (nSPS) is 15.8. The van der Waals surface area contributed by atoms with E-state index in [1.165, 1.54) is 20.8 Å². The molecule has 1 aliphatic rings. The molecular weight excluding hydrogens is 278 g/mol. The van der Waals surface area contributed by atoms with Gasteiger partial charge in [-0.2, -0.15) is 0 Å². The fraction of sp³-hybridized carbons (Fsp3) is 0.692. The van der Waals surface area contributed by atoms with Gasteiger partial charge in [-0.25, -0.2) is 4.79 Å². The van der Waals surface area contributed by atoms with Gasteiger partial charge in [0.15, 0.2) is 0 Å². The second-order valence-electron chi connectivity index (χ2n) is 5.89. The van der Waals surface area contributed by atoms with Gasteiger partial charge in [-0.1, -0.05) is 0 Å². The summed E-state index contributed by atoms with van der Waals surface area (Å²) in [5.74, 6) is -2.16. The van der Waals surface area contributed by atoms with Gasteiger partial charge >= 0.3 is 12.0 Å². The average Bonchev–Trinajstić information content (AvgIpc) is 3.11. The van der Waals surface area contributed by atoms with Gasteiger partial charge in [-0.15, -0.1) is 0 Å². The molecule has 0 heterocycles. The Morgan fingerprint density at radius 1 is 1.24 bits per heavy atom. The summed E-state index contributed by atoms with van der Waals surface area (Å²) in [5, 5.41) is 16.0. The van der Waals surface area contributed by atoms with Crippen LogP contribution in [0.3, 0.4) is 0 Å². The summed E-state index contributed by atoms with van der Waals surface area (Å²) in [7, 11) is 0. The SMILES string of the molecule is CC(NC(=O)NC(=O)CC(C)(C)C(=O)O)C(=O)NC1CC1. The Bertz CT molecular complexity index is 457. The molecular formula is C13H21N3O5. The van der Waals surface area contributed by atoms with Crippen molar-refractivity contribution in [2.45, 2.75) is 52.1 Å². The molecule has 1 saturated carbocycles. The Kier molecular flexibility index (Phi) is 5.28. The van der Waals surface area contributed by atoms with Gasteiger partial charge in [0.05, 0.1) is 5.41 Å². The fourth-order valence-corrected chi connectivity index (χ4v) is 1.50. The second kappa shape index (κ2) is 6.55. The molecule has 0 aromatic rings. The standard InChI is InChI=1S/C13H21N3O5/c1-7(10(18)15-8-4-5-8)14-12(21)16-9(17)6-13(2,3)11(19)20/h7-8H,4-6H2,1-3H3,(H,15,18)(H,19,20)(H2,14,16,17,21). The van der Waals surface area contributed by atoms with E-state index in [0.29, 0.717) is 0 Å². The zero-order chi connectivity index (χ0) is 16.2. The van der Waals surface area contributed by atoms with Crippen molar-refractivity contribution in [1.82, 2.24) is 16.0 Å². The summed E-state index contributed by atoms with van der Waals surface area (Å²) in [6, 6.07) is -1.41. The zero-order valence-electron chi connectivity index (χ0n) is 12.4. The predicted molar refractivity (Wildman–Crippen MR) is 73.3 cm³/mol. The Morgan fingerprint density at radius 2 is 1.81 bits per heavy atom. The first-order chi connectivity index (χ1) is 9.61. The topological polar surface area (TPSA) is 125 Å². The van der Waals surface area contributed by atoms with Gasteiger partial charge < -0.3 is 15.7 Å². The van der Waals surface area contributed by atoms with Crippen molar-refractivity contribution in [3.8, 4) is 0 Å². The Hall–Kier alpha value is -2.12. The van der Waals surface area contributed by atoms with Gasteiger partial charge in [0.2, 0.25) is 11.8 Å². The highest BCUT2D eigenvalue weighted by Crippen LogP contribution is 2.20. The van der Waals surface area contributed by atoms with E-state index in [1.54, 1.807) is 0 Å². The van der Waals surface area contributed by atoms with Crippen LogP contribution in [0.15, 0.2) is 0 Å². The first-order valence-corrected chi connectivity index (χ1v) is 6.76. The number of imide groups is 1. The van der Waals surface area contributed by atoms with Crippen LogP contribution in [-0.2, 0) is 14.4 Å². The molecule has 0 bridgehead atoms. The van der Waals surface area contributed by atoms with E-state index in [2.05, 4.69) is 10.6 Å². The van der Waals surface area contributed by atoms with E-state index >= 15 is 0 Å². The van der Waals surface area contributed by atoms with E-state index in [1.807, 2.05) is 5.32 Å². The molecule has 0 saturated heterocycles. The van der Waals surface area contributed by atoms with E-state index < -0.39 is 29.4 Å². The van der Waals surface area contributed by atoms with Crippen LogP contribution in [0.5, 0.6) is 0 Å². The summed E-state index contributed by atoms with van der Waals surface area (Å²) >= 11 is 0. The van der Waals surface area contributed by atoms with Crippen molar-refractivity contribution >= 4 is 23.8 Å². The van der Waals surface area contributed by atoms with Gasteiger partial charge in [-0.3, -0.25) is 19.7 Å². The largest absolute Gasteiger partial charge is 0.481 e. The van der Waals surface area contributed by atoms with E-state index in [-0.39, 0.29) is 18.4 Å². The maximum Gasteiger partial charge on any atom is 0.322 e. The molecule has 1 aliphatic carbocycles. The molecule has 21 heavy (non-hydrogen) atoms. The highest BCUT2D eigenvalue weighted by Gasteiger charge is 2.31. The van der Waals surface area contributed by atoms with Crippen molar-refractivity contribution in [1.29, 1.82) is 0 Å². The van der Waals surface area contributed by atoms with Crippen LogP contribution in [0, 0.1) is 5.41 Å². The smallest absolute Gasteiger partial charge is 0.322 e. The molecule has 118 valence electrons. The maximum absolute atomic E-state index is 11.6. The Labute approximate surface area is 122 Å². The number of carboxylic acid groups (broad SMARTS) is 1. The molecule has 1 unspecified atom stereocenters. The second-order valence-corrected chi connectivity index (χ2v) is 5.89. The molecule has 0 aromatic heterocycles. The number of hydrogen-bond donors (Lipinski definition) is 4. The quantitative estimate of drug-likeness (QED) is 0.548. The molecule has 0 spiro atoms. The molecule has 1 atom stereocenters. The van der Waals surface area contributed by atoms with Crippen molar-refractivity contribution in [2.24, 2.45) is 5.41 Å². The number of nitrogens with one attached hydrogen (secondary N) is 3. The molecule has 8 heteroatoms. The lowest BCUT2D eigenvalue weighted by Gasteiger charge is -2.18. The third-order valence-corrected chi connectivity index (χ3v) is 3.10. The van der Waals surface area contributed by atoms with Gasteiger partial charge in [0.1, 0.15) is 6.04 Å². The number of rotatable bonds is 6. The summed E-state index contributed by atoms with van der Waals surface area (Å²) < 4.78 is 0. The van der Waals surface area contributed by atoms with Crippen LogP contribution in [0.4, 0.5) is 4.79 Å². The Morgan fingerprint density at radius 3 is 2.29 bits per heavy atom. The maximum atomic E-state index is 11.6. The van der Waals surface area contributed by atoms with Gasteiger partial charge in [-0.05, 0) is 33.6 Å². The third-order valence-electron chi connectivity index (χ3n) is 3.10. The van der Waals surface area contributed by atoms with Crippen molar-refractivity contribution in [3.05, 3.63) is 0 Å². The van der Waals surface area contributed by atoms with E-state index in [0.717, 1.165) is 12.8 Å². The van der Waals surface area contributed by atoms with Crippen LogP contribution in [0.1, 0.15) is 40.0 Å². The van der Waals surface area contributed by atoms with E-state index in [4.69, 9.17) is 5.11 Å². The van der Waals surface area contributed by atoms with Crippen LogP contribution in [0.25, 0.3) is 0 Å². The molecule has 4 amide bonds. The average molecular weight is 299 g/mol. The first kappa shape index (κ1) is 16.9. The van der Waals surface area contributed by atoms with Crippen molar-refractivity contribution in [2.75, 3.05) is 0 Å². The zero-order valence-corrected chi connectivity index (χ0v) is 12.4. The highest BCUT2D eigenvalue weighted by molar-refractivity contribution is 5.97. The van der Waals surface area contributed by atoms with Crippen LogP contribution < -0.4 is 16.0 Å². The molecule has 0 aromatic carbocycles. The van der Waals surface area contributed by atoms with Crippen LogP contribution in [-0.4, -0.2) is 41.0 Å². The highest BCUT2D eigenvalue weighted by atomic mass is 16.4. The number of carboxylic acids is 1. The lowest BCUT2D eigenvalue weighted by Crippen LogP contribution is -2.50. The van der Waals surface area contributed by atoms with Gasteiger partial charge in [0, 0.05) is 12.5 Å². The van der Waals surface area contributed by atoms with E-state index in [9.17, 15) is 19.2 Å².